The van der Waals surface area contributed by atoms with Gasteiger partial charge in [-0.25, -0.2) is 0 Å². The first-order chi connectivity index (χ1) is 4.36. The van der Waals surface area contributed by atoms with Gasteiger partial charge >= 0.3 is 0 Å². The number of aromatic nitrogens is 1. The predicted molar refractivity (Wildman–Crippen MR) is 43.1 cm³/mol. The van der Waals surface area contributed by atoms with Crippen LogP contribution in [0.2, 0.25) is 0 Å². The van der Waals surface area contributed by atoms with E-state index in [2.05, 4.69) is 4.98 Å². The second-order valence-corrected chi connectivity index (χ2v) is 4.14. The van der Waals surface area contributed by atoms with E-state index in [1.807, 2.05) is 11.4 Å². The highest BCUT2D eigenvalue weighted by Crippen LogP contribution is 2.25. The molecule has 0 N–H and O–H groups in total. The first-order valence-electron chi connectivity index (χ1n) is 2.37. The molecule has 2 aromatic heterocycles. The number of fused-ring (bicyclic) bond motifs is 1. The smallest absolute Gasteiger partial charge is 0.112 e. The summed E-state index contributed by atoms with van der Waals surface area (Å²) in [5.41, 5.74) is 0. The van der Waals surface area contributed by atoms with E-state index in [9.17, 15) is 0 Å². The van der Waals surface area contributed by atoms with Crippen molar-refractivity contribution in [2.24, 2.45) is 0 Å². The largest absolute Gasteiger partial charge is 0.408 e. The molecule has 0 saturated carbocycles. The minimum Gasteiger partial charge on any atom is -0.408 e. The van der Waals surface area contributed by atoms with E-state index >= 15 is 0 Å². The van der Waals surface area contributed by atoms with Gasteiger partial charge in [0.1, 0.15) is 4.83 Å². The zero-order chi connectivity index (χ0) is 6.27. The Hall–Kier alpha value is -0.190. The van der Waals surface area contributed by atoms with Crippen LogP contribution in [-0.4, -0.2) is 4.98 Å². The van der Waals surface area contributed by atoms with E-state index < -0.39 is 0 Å². The van der Waals surface area contributed by atoms with Crippen molar-refractivity contribution in [2.75, 3.05) is 0 Å². The molecule has 0 radical (unpaired) electrons. The minimum absolute atomic E-state index is 0.747. The van der Waals surface area contributed by atoms with Gasteiger partial charge in [0.25, 0.3) is 0 Å². The molecule has 0 fully saturated rings. The SMILES string of the molecule is [S-]c1nc2sccc2s1. The van der Waals surface area contributed by atoms with Crippen LogP contribution in [0, 0.1) is 0 Å². The van der Waals surface area contributed by atoms with Crippen LogP contribution < -0.4 is 0 Å². The molecule has 0 bridgehead atoms. The molecule has 0 atom stereocenters. The Labute approximate surface area is 65.8 Å². The summed E-state index contributed by atoms with van der Waals surface area (Å²) in [6, 6.07) is 2.05. The lowest BCUT2D eigenvalue weighted by Crippen LogP contribution is -1.58. The van der Waals surface area contributed by atoms with Gasteiger partial charge in [-0.1, -0.05) is 6.07 Å². The van der Waals surface area contributed by atoms with Crippen molar-refractivity contribution < 1.29 is 0 Å². The van der Waals surface area contributed by atoms with Gasteiger partial charge in [-0.15, -0.1) is 11.3 Å². The molecule has 2 rings (SSSR count). The Kier molecular flexibility index (Phi) is 1.18. The molecule has 4 heteroatoms. The summed E-state index contributed by atoms with van der Waals surface area (Å²) >= 11 is 8.09. The Balaban J connectivity index is 2.92. The molecular weight excluding hydrogens is 170 g/mol. The Morgan fingerprint density at radius 3 is 3.22 bits per heavy atom. The maximum absolute atomic E-state index is 4.88. The van der Waals surface area contributed by atoms with Gasteiger partial charge in [-0.2, -0.15) is 0 Å². The first-order valence-corrected chi connectivity index (χ1v) is 4.48. The number of rotatable bonds is 0. The third-order valence-corrected chi connectivity index (χ3v) is 3.09. The van der Waals surface area contributed by atoms with Crippen LogP contribution in [0.15, 0.2) is 15.8 Å². The van der Waals surface area contributed by atoms with Gasteiger partial charge in [0.2, 0.25) is 0 Å². The van der Waals surface area contributed by atoms with Crippen LogP contribution in [0.1, 0.15) is 0 Å². The fourth-order valence-corrected chi connectivity index (χ4v) is 2.74. The van der Waals surface area contributed by atoms with Gasteiger partial charge in [0.15, 0.2) is 0 Å². The molecule has 0 spiro atoms. The quantitative estimate of drug-likeness (QED) is 0.565. The van der Waals surface area contributed by atoms with Crippen molar-refractivity contribution in [1.29, 1.82) is 0 Å². The molecule has 0 aliphatic carbocycles. The number of hydrogen-bond acceptors (Lipinski definition) is 4. The molecule has 0 aliphatic heterocycles. The summed E-state index contributed by atoms with van der Waals surface area (Å²) in [7, 11) is 0. The van der Waals surface area contributed by atoms with Crippen molar-refractivity contribution in [3.05, 3.63) is 11.4 Å². The number of nitrogens with zero attached hydrogens (tertiary/aromatic N) is 1. The van der Waals surface area contributed by atoms with Crippen LogP contribution in [0.25, 0.3) is 9.53 Å². The molecule has 0 aliphatic rings. The zero-order valence-corrected chi connectivity index (χ0v) is 6.78. The molecule has 0 saturated heterocycles. The van der Waals surface area contributed by atoms with Crippen LogP contribution in [-0.2, 0) is 12.6 Å². The average molecular weight is 172 g/mol. The van der Waals surface area contributed by atoms with E-state index in [0.717, 1.165) is 9.17 Å². The summed E-state index contributed by atoms with van der Waals surface area (Å²) in [6.07, 6.45) is 0. The molecule has 2 heterocycles. The van der Waals surface area contributed by atoms with E-state index in [-0.39, 0.29) is 0 Å². The lowest BCUT2D eigenvalue weighted by atomic mass is 10.6. The molecular formula is C5H2NS3-. The third kappa shape index (κ3) is 0.831. The Morgan fingerprint density at radius 1 is 1.56 bits per heavy atom. The van der Waals surface area contributed by atoms with E-state index in [4.69, 9.17) is 12.6 Å². The standard InChI is InChI=1S/C5H3NS3/c7-5-6-4-3(9-5)1-2-8-4/h1-2H,(H,6,7)/p-1. The number of hydrogen-bond donors (Lipinski definition) is 0. The molecule has 2 aromatic rings. The summed E-state index contributed by atoms with van der Waals surface area (Å²) in [5, 5.41) is 2.03. The number of thiophene rings is 1. The van der Waals surface area contributed by atoms with Gasteiger partial charge in [0.05, 0.1) is 0 Å². The van der Waals surface area contributed by atoms with E-state index in [1.54, 1.807) is 22.7 Å². The summed E-state index contributed by atoms with van der Waals surface area (Å²) < 4.78 is 1.96. The highest BCUT2D eigenvalue weighted by Gasteiger charge is 1.90. The molecule has 9 heavy (non-hydrogen) atoms. The van der Waals surface area contributed by atoms with Crippen molar-refractivity contribution in [3.8, 4) is 0 Å². The summed E-state index contributed by atoms with van der Waals surface area (Å²) in [5.74, 6) is 0. The van der Waals surface area contributed by atoms with Crippen molar-refractivity contribution >= 4 is 44.8 Å². The summed E-state index contributed by atoms with van der Waals surface area (Å²) in [6.45, 7) is 0. The maximum atomic E-state index is 4.88. The first kappa shape index (κ1) is 5.58. The van der Waals surface area contributed by atoms with Crippen LogP contribution >= 0.6 is 22.7 Å². The number of thiazole rings is 1. The lowest BCUT2D eigenvalue weighted by Gasteiger charge is -1.84. The van der Waals surface area contributed by atoms with Crippen molar-refractivity contribution in [2.45, 2.75) is 4.34 Å². The second kappa shape index (κ2) is 1.90. The van der Waals surface area contributed by atoms with Crippen LogP contribution in [0.5, 0.6) is 0 Å². The van der Waals surface area contributed by atoms with E-state index in [1.165, 1.54) is 4.70 Å². The molecule has 0 amide bonds. The van der Waals surface area contributed by atoms with Crippen LogP contribution in [0.3, 0.4) is 0 Å². The van der Waals surface area contributed by atoms with Gasteiger partial charge in [0, 0.05) is 0 Å². The van der Waals surface area contributed by atoms with Crippen molar-refractivity contribution in [3.63, 3.8) is 0 Å². The predicted octanol–water partition coefficient (Wildman–Crippen LogP) is 2.26. The highest BCUT2D eigenvalue weighted by atomic mass is 32.2. The fourth-order valence-electron chi connectivity index (χ4n) is 0.649. The highest BCUT2D eigenvalue weighted by molar-refractivity contribution is 7.63. The normalized spacial score (nSPS) is 10.7. The van der Waals surface area contributed by atoms with Gasteiger partial charge in [-0.05, 0) is 14.4 Å². The lowest BCUT2D eigenvalue weighted by molar-refractivity contribution is 1.33. The topological polar surface area (TPSA) is 12.9 Å². The zero-order valence-electron chi connectivity index (χ0n) is 4.33. The van der Waals surface area contributed by atoms with Crippen LogP contribution in [0.4, 0.5) is 0 Å². The Morgan fingerprint density at radius 2 is 2.44 bits per heavy atom. The monoisotopic (exact) mass is 172 g/mol. The molecule has 1 nitrogen and oxygen atoms in total. The Bertz CT molecular complexity index is 293. The second-order valence-electron chi connectivity index (χ2n) is 1.57. The maximum Gasteiger partial charge on any atom is 0.112 e. The summed E-state index contributed by atoms with van der Waals surface area (Å²) in [4.78, 5) is 5.20. The van der Waals surface area contributed by atoms with Gasteiger partial charge < -0.3 is 24.0 Å². The minimum atomic E-state index is 0.747. The third-order valence-electron chi connectivity index (χ3n) is 1.000. The molecule has 0 aromatic carbocycles. The molecule has 46 valence electrons. The fraction of sp³-hybridized carbons (Fsp3) is 0. The van der Waals surface area contributed by atoms with Gasteiger partial charge in [-0.3, -0.25) is 4.98 Å². The van der Waals surface area contributed by atoms with Crippen molar-refractivity contribution in [1.82, 2.24) is 4.98 Å². The molecule has 0 unspecified atom stereocenters. The van der Waals surface area contributed by atoms with E-state index in [0.29, 0.717) is 0 Å². The average Bonchev–Trinajstić information content (AvgIpc) is 2.22.